The summed E-state index contributed by atoms with van der Waals surface area (Å²) < 4.78 is 45.7. The first-order chi connectivity index (χ1) is 8.41. The number of hydrogen-bond acceptors (Lipinski definition) is 5. The molecule has 0 saturated carbocycles. The summed E-state index contributed by atoms with van der Waals surface area (Å²) in [4.78, 5) is 22.9. The maximum atomic E-state index is 12.2. The first kappa shape index (κ1) is 15.9. The van der Waals surface area contributed by atoms with Gasteiger partial charge in [0, 0.05) is 6.42 Å². The summed E-state index contributed by atoms with van der Waals surface area (Å²) in [5.74, 6) is -3.57. The Morgan fingerprint density at radius 2 is 1.89 bits per heavy atom. The molecule has 0 aliphatic carbocycles. The quantitative estimate of drug-likeness (QED) is 0.465. The number of nitrogens with two attached hydrogens (primary N) is 1. The number of epoxide rings is 1. The summed E-state index contributed by atoms with van der Waals surface area (Å²) in [5.41, 5.74) is 2.00. The zero-order chi connectivity index (χ0) is 15.1. The van der Waals surface area contributed by atoms with Gasteiger partial charge in [-0.05, 0) is 12.8 Å². The maximum absolute atomic E-state index is 12.2. The Balaban J connectivity index is 2.93. The number of esters is 1. The van der Waals surface area contributed by atoms with Crippen LogP contribution in [0.5, 0.6) is 0 Å². The Labute approximate surface area is 108 Å². The molecule has 0 aromatic carbocycles. The molecule has 0 spiro atoms. The summed E-state index contributed by atoms with van der Waals surface area (Å²) >= 11 is 0. The fraction of sp³-hybridized carbons (Fsp3) is 0.818. The molecule has 5 nitrogen and oxygen atoms in total. The molecular formula is C11H16F3NO4. The van der Waals surface area contributed by atoms with E-state index in [1.165, 1.54) is 6.92 Å². The number of ether oxygens (including phenoxy) is 2. The molecule has 1 aliphatic rings. The van der Waals surface area contributed by atoms with Gasteiger partial charge in [0.2, 0.25) is 11.5 Å². The normalized spacial score (nSPS) is 25.9. The Morgan fingerprint density at radius 1 is 1.42 bits per heavy atom. The smallest absolute Gasteiger partial charge is 0.430 e. The number of rotatable bonds is 5. The van der Waals surface area contributed by atoms with Crippen LogP contribution in [0.15, 0.2) is 0 Å². The molecule has 0 bridgehead atoms. The molecular weight excluding hydrogens is 267 g/mol. The van der Waals surface area contributed by atoms with Crippen molar-refractivity contribution in [2.45, 2.75) is 44.7 Å². The van der Waals surface area contributed by atoms with E-state index < -0.39 is 29.3 Å². The van der Waals surface area contributed by atoms with E-state index in [2.05, 4.69) is 4.74 Å². The highest BCUT2D eigenvalue weighted by Gasteiger charge is 2.58. The summed E-state index contributed by atoms with van der Waals surface area (Å²) in [5, 5.41) is 0. The average molecular weight is 283 g/mol. The van der Waals surface area contributed by atoms with Crippen molar-refractivity contribution in [2.75, 3.05) is 6.61 Å². The highest BCUT2D eigenvalue weighted by molar-refractivity contribution is 5.97. The first-order valence-corrected chi connectivity index (χ1v) is 5.68. The zero-order valence-electron chi connectivity index (χ0n) is 10.8. The van der Waals surface area contributed by atoms with Gasteiger partial charge in [0.25, 0.3) is 0 Å². The molecule has 1 fully saturated rings. The van der Waals surface area contributed by atoms with Crippen LogP contribution in [0.2, 0.25) is 0 Å². The molecule has 2 atom stereocenters. The largest absolute Gasteiger partial charge is 0.491 e. The van der Waals surface area contributed by atoms with E-state index in [9.17, 15) is 22.8 Å². The molecule has 0 amide bonds. The van der Waals surface area contributed by atoms with Crippen molar-refractivity contribution < 1.29 is 32.2 Å². The highest BCUT2D eigenvalue weighted by atomic mass is 19.4. The van der Waals surface area contributed by atoms with Crippen LogP contribution in [0, 0.1) is 5.92 Å². The van der Waals surface area contributed by atoms with Crippen LogP contribution in [0.4, 0.5) is 13.2 Å². The van der Waals surface area contributed by atoms with Crippen LogP contribution in [-0.4, -0.2) is 35.9 Å². The second-order valence-corrected chi connectivity index (χ2v) is 5.22. The number of Topliss-reactive ketones (excluding diaryl/α,β-unsaturated/α-hetero) is 1. The molecule has 1 heterocycles. The molecule has 1 rings (SSSR count). The Kier molecular flexibility index (Phi) is 3.98. The number of carbonyl (C=O) groups is 2. The molecule has 0 radical (unpaired) electrons. The van der Waals surface area contributed by atoms with Gasteiger partial charge in [0.05, 0.1) is 6.61 Å². The predicted octanol–water partition coefficient (Wildman–Crippen LogP) is 1.15. The number of alkyl halides is 3. The van der Waals surface area contributed by atoms with E-state index >= 15 is 0 Å². The fourth-order valence-corrected chi connectivity index (χ4v) is 1.70. The van der Waals surface area contributed by atoms with E-state index in [4.69, 9.17) is 10.5 Å². The lowest BCUT2D eigenvalue weighted by molar-refractivity contribution is -0.215. The van der Waals surface area contributed by atoms with Crippen LogP contribution in [0.25, 0.3) is 0 Å². The van der Waals surface area contributed by atoms with Gasteiger partial charge in [-0.3, -0.25) is 10.5 Å². The fourth-order valence-electron chi connectivity index (χ4n) is 1.70. The van der Waals surface area contributed by atoms with Gasteiger partial charge < -0.3 is 9.47 Å². The minimum atomic E-state index is -5.20. The highest BCUT2D eigenvalue weighted by Crippen LogP contribution is 2.34. The molecule has 110 valence electrons. The Bertz CT molecular complexity index is 390. The van der Waals surface area contributed by atoms with Crippen LogP contribution >= 0.6 is 0 Å². The number of ketones is 1. The van der Waals surface area contributed by atoms with Gasteiger partial charge in [0.1, 0.15) is 0 Å². The van der Waals surface area contributed by atoms with E-state index in [1.54, 1.807) is 13.8 Å². The van der Waals surface area contributed by atoms with Crippen molar-refractivity contribution in [2.24, 2.45) is 11.7 Å². The van der Waals surface area contributed by atoms with Crippen LogP contribution in [0.3, 0.4) is 0 Å². The monoisotopic (exact) mass is 283 g/mol. The number of hydrogen-bond donors (Lipinski definition) is 1. The summed E-state index contributed by atoms with van der Waals surface area (Å²) in [6.45, 7) is 4.73. The minimum absolute atomic E-state index is 0.0481. The first-order valence-electron chi connectivity index (χ1n) is 5.68. The second-order valence-electron chi connectivity index (χ2n) is 5.22. The van der Waals surface area contributed by atoms with Gasteiger partial charge in [-0.1, -0.05) is 13.8 Å². The van der Waals surface area contributed by atoms with E-state index in [1.807, 2.05) is 0 Å². The van der Waals surface area contributed by atoms with Gasteiger partial charge in [-0.15, -0.1) is 0 Å². The van der Waals surface area contributed by atoms with Crippen LogP contribution < -0.4 is 5.73 Å². The van der Waals surface area contributed by atoms with Crippen LogP contribution in [-0.2, 0) is 19.1 Å². The van der Waals surface area contributed by atoms with Crippen molar-refractivity contribution in [3.63, 3.8) is 0 Å². The standard InChI is InChI=1S/C11H16F3NO4/c1-6(2)4-10(15,7(16)9(3)5-18-9)19-8(17)11(12,13)14/h6H,4-5,15H2,1-3H3/t9-,10-/m0/s1. The average Bonchev–Trinajstić information content (AvgIpc) is 2.93. The molecule has 0 aromatic rings. The Morgan fingerprint density at radius 3 is 2.21 bits per heavy atom. The zero-order valence-corrected chi connectivity index (χ0v) is 10.8. The van der Waals surface area contributed by atoms with Crippen molar-refractivity contribution in [3.05, 3.63) is 0 Å². The predicted molar refractivity (Wildman–Crippen MR) is 57.9 cm³/mol. The summed E-state index contributed by atoms with van der Waals surface area (Å²) in [6, 6.07) is 0. The lowest BCUT2D eigenvalue weighted by Crippen LogP contribution is -2.58. The lowest BCUT2D eigenvalue weighted by Gasteiger charge is -2.30. The topological polar surface area (TPSA) is 81.9 Å². The third-order valence-corrected chi connectivity index (χ3v) is 2.66. The van der Waals surface area contributed by atoms with Gasteiger partial charge in [-0.2, -0.15) is 13.2 Å². The second kappa shape index (κ2) is 4.75. The lowest BCUT2D eigenvalue weighted by atomic mass is 9.90. The maximum Gasteiger partial charge on any atom is 0.491 e. The van der Waals surface area contributed by atoms with Crippen molar-refractivity contribution >= 4 is 11.8 Å². The number of carbonyl (C=O) groups excluding carboxylic acids is 2. The SMILES string of the molecule is CC(C)C[C@](N)(OC(=O)C(F)(F)F)C(=O)[C@]1(C)CO1. The van der Waals surface area contributed by atoms with Crippen molar-refractivity contribution in [1.29, 1.82) is 0 Å². The number of halogens is 3. The third-order valence-electron chi connectivity index (χ3n) is 2.66. The molecule has 1 aliphatic heterocycles. The van der Waals surface area contributed by atoms with Gasteiger partial charge in [-0.25, -0.2) is 4.79 Å². The van der Waals surface area contributed by atoms with E-state index in [0.29, 0.717) is 0 Å². The van der Waals surface area contributed by atoms with E-state index in [0.717, 1.165) is 0 Å². The molecule has 0 aromatic heterocycles. The molecule has 8 heteroatoms. The summed E-state index contributed by atoms with van der Waals surface area (Å²) in [7, 11) is 0. The van der Waals surface area contributed by atoms with Crippen LogP contribution in [0.1, 0.15) is 27.2 Å². The molecule has 19 heavy (non-hydrogen) atoms. The van der Waals surface area contributed by atoms with Crippen molar-refractivity contribution in [3.8, 4) is 0 Å². The Hall–Kier alpha value is -1.15. The molecule has 1 saturated heterocycles. The van der Waals surface area contributed by atoms with E-state index in [-0.39, 0.29) is 18.9 Å². The van der Waals surface area contributed by atoms with Crippen molar-refractivity contribution in [1.82, 2.24) is 0 Å². The minimum Gasteiger partial charge on any atom is -0.430 e. The van der Waals surface area contributed by atoms with Gasteiger partial charge >= 0.3 is 12.1 Å². The third kappa shape index (κ3) is 3.66. The molecule has 2 N–H and O–H groups in total. The molecule has 0 unspecified atom stereocenters. The van der Waals surface area contributed by atoms with Gasteiger partial charge in [0.15, 0.2) is 5.60 Å². The summed E-state index contributed by atoms with van der Waals surface area (Å²) in [6.07, 6.45) is -5.42.